The molecule has 0 aliphatic carbocycles. The van der Waals surface area contributed by atoms with E-state index in [-0.39, 0.29) is 17.5 Å². The average molecular weight is 867 g/mol. The Morgan fingerprint density at radius 3 is 2.43 bits per heavy atom. The number of anilines is 3. The fourth-order valence-electron chi connectivity index (χ4n) is 6.89. The monoisotopic (exact) mass is 865 g/mol. The van der Waals surface area contributed by atoms with E-state index in [1.54, 1.807) is 29.2 Å². The molecule has 1 aliphatic rings. The summed E-state index contributed by atoms with van der Waals surface area (Å²) in [6, 6.07) is 28.4. The molecule has 0 radical (unpaired) electrons. The molecule has 304 valence electrons. The number of nitrogens with zero attached hydrogens (tertiary/aromatic N) is 5. The highest BCUT2D eigenvalue weighted by Crippen LogP contribution is 2.38. The van der Waals surface area contributed by atoms with Crippen LogP contribution in [0.4, 0.5) is 30.4 Å². The summed E-state index contributed by atoms with van der Waals surface area (Å²) in [5, 5.41) is 6.15. The number of sulfonamides is 1. The summed E-state index contributed by atoms with van der Waals surface area (Å²) < 4.78 is 74.4. The molecule has 0 amide bonds. The van der Waals surface area contributed by atoms with Gasteiger partial charge in [0.25, 0.3) is 10.0 Å². The zero-order chi connectivity index (χ0) is 40.9. The quantitative estimate of drug-likeness (QED) is 0.0980. The molecule has 6 aromatic rings. The second-order valence-electron chi connectivity index (χ2n) is 14.3. The zero-order valence-electron chi connectivity index (χ0n) is 31.9. The van der Waals surface area contributed by atoms with Crippen LogP contribution in [0.1, 0.15) is 17.5 Å². The summed E-state index contributed by atoms with van der Waals surface area (Å²) in [5.41, 5.74) is 3.73. The molecule has 9 nitrogen and oxygen atoms in total. The highest BCUT2D eigenvalue weighted by atomic mass is 35.5. The Kier molecular flexibility index (Phi) is 13.2. The summed E-state index contributed by atoms with van der Waals surface area (Å²) in [4.78, 5) is 14.7. The fourth-order valence-corrected chi connectivity index (χ4v) is 9.96. The van der Waals surface area contributed by atoms with Crippen molar-refractivity contribution in [2.75, 3.05) is 67.5 Å². The van der Waals surface area contributed by atoms with Gasteiger partial charge < -0.3 is 15.1 Å². The number of alkyl halides is 3. The topological polar surface area (TPSA) is 93.7 Å². The smallest absolute Gasteiger partial charge is 0.381 e. The summed E-state index contributed by atoms with van der Waals surface area (Å²) in [5.74, 6) is 0.512. The molecule has 1 unspecified atom stereocenters. The third-order valence-electron chi connectivity index (χ3n) is 9.97. The maximum absolute atomic E-state index is 14.5. The molecular weight excluding hydrogens is 823 g/mol. The lowest BCUT2D eigenvalue weighted by Crippen LogP contribution is -2.46. The van der Waals surface area contributed by atoms with E-state index in [1.165, 1.54) is 29.6 Å². The lowest BCUT2D eigenvalue weighted by molar-refractivity contribution is -0.137. The second kappa shape index (κ2) is 18.3. The zero-order valence-corrected chi connectivity index (χ0v) is 35.1. The van der Waals surface area contributed by atoms with Crippen molar-refractivity contribution in [3.05, 3.63) is 125 Å². The van der Waals surface area contributed by atoms with Crippen LogP contribution in [-0.2, 0) is 22.7 Å². The number of piperazine rings is 1. The number of rotatable bonds is 15. The van der Waals surface area contributed by atoms with Crippen LogP contribution in [0.3, 0.4) is 0 Å². The van der Waals surface area contributed by atoms with Crippen LogP contribution in [0, 0.1) is 0 Å². The maximum atomic E-state index is 14.5. The molecule has 0 spiro atoms. The first-order chi connectivity index (χ1) is 27.8. The van der Waals surface area contributed by atoms with Gasteiger partial charge in [0, 0.05) is 66.3 Å². The molecule has 1 fully saturated rings. The highest BCUT2D eigenvalue weighted by Gasteiger charge is 2.36. The number of hydrogen-bond acceptors (Lipinski definition) is 10. The Balaban J connectivity index is 1.04. The predicted molar refractivity (Wildman–Crippen MR) is 232 cm³/mol. The number of halogens is 4. The molecule has 58 heavy (non-hydrogen) atoms. The molecule has 1 aliphatic heterocycles. The first kappa shape index (κ1) is 41.8. The molecule has 0 saturated carbocycles. The van der Waals surface area contributed by atoms with Crippen LogP contribution in [0.15, 0.2) is 118 Å². The third kappa shape index (κ3) is 10.4. The second-order valence-corrected chi connectivity index (χ2v) is 18.7. The summed E-state index contributed by atoms with van der Waals surface area (Å²) in [6.45, 7) is 4.68. The normalized spacial score (nSPS) is 14.6. The average Bonchev–Trinajstić information content (AvgIpc) is 3.73. The minimum atomic E-state index is -4.81. The van der Waals surface area contributed by atoms with Crippen molar-refractivity contribution >= 4 is 72.8 Å². The first-order valence-electron chi connectivity index (χ1n) is 18.7. The van der Waals surface area contributed by atoms with E-state index >= 15 is 0 Å². The number of fused-ring (bicyclic) bond motifs is 1. The predicted octanol–water partition coefficient (Wildman–Crippen LogP) is 9.68. The van der Waals surface area contributed by atoms with Crippen LogP contribution in [-0.4, -0.2) is 86.8 Å². The Hall–Kier alpha value is -4.38. The Morgan fingerprint density at radius 2 is 1.71 bits per heavy atom. The van der Waals surface area contributed by atoms with E-state index in [1.807, 2.05) is 79.0 Å². The number of hydrogen-bond donors (Lipinski definition) is 2. The van der Waals surface area contributed by atoms with E-state index < -0.39 is 26.7 Å². The van der Waals surface area contributed by atoms with Gasteiger partial charge in [-0.05, 0) is 104 Å². The van der Waals surface area contributed by atoms with Gasteiger partial charge in [-0.15, -0.1) is 23.1 Å². The van der Waals surface area contributed by atoms with E-state index in [2.05, 4.69) is 48.0 Å². The lowest BCUT2D eigenvalue weighted by atomic mass is 9.99. The van der Waals surface area contributed by atoms with Gasteiger partial charge >= 0.3 is 6.18 Å². The molecule has 0 bridgehead atoms. The number of benzene rings is 4. The van der Waals surface area contributed by atoms with Gasteiger partial charge in [-0.25, -0.2) is 18.4 Å². The minimum Gasteiger partial charge on any atom is -0.381 e. The molecular formula is C42H43ClF3N7O2S3. The van der Waals surface area contributed by atoms with E-state index in [0.29, 0.717) is 40.7 Å². The van der Waals surface area contributed by atoms with Crippen molar-refractivity contribution in [2.24, 2.45) is 0 Å². The molecule has 1 atom stereocenters. The van der Waals surface area contributed by atoms with E-state index in [4.69, 9.17) is 11.6 Å². The molecule has 7 rings (SSSR count). The van der Waals surface area contributed by atoms with Gasteiger partial charge in [0.15, 0.2) is 5.82 Å². The molecule has 1 saturated heterocycles. The Labute approximate surface area is 350 Å². The van der Waals surface area contributed by atoms with E-state index in [9.17, 15) is 21.6 Å². The van der Waals surface area contributed by atoms with Gasteiger partial charge in [0.05, 0.1) is 20.2 Å². The fraction of sp³-hybridized carbons (Fsp3) is 0.286. The summed E-state index contributed by atoms with van der Waals surface area (Å²) in [6.07, 6.45) is -2.98. The number of thiophene rings is 1. The standard InChI is InChI=1S/C42H43ClF3N7O2S3/c1-51(2)18-17-32(27-57-40-8-5-23-56-40)49-38-16-14-34(25-37(38)42(44,45)46)58(54,55)50-41-36-15-13-33(24-39(36)47-28-48-41)53-21-19-52(20-22-53)26-30-6-3-4-7-35(30)29-9-11-31(43)12-10-29/h3-16,23-25,28,32,49H,17-22,26-27H2,1-2H3,(H,47,48,50). The number of aromatic nitrogens is 2. The van der Waals surface area contributed by atoms with Crippen LogP contribution in [0.2, 0.25) is 5.02 Å². The van der Waals surface area contributed by atoms with Crippen LogP contribution < -0.4 is 14.9 Å². The van der Waals surface area contributed by atoms with Crippen molar-refractivity contribution in [1.29, 1.82) is 0 Å². The van der Waals surface area contributed by atoms with Gasteiger partial charge in [-0.1, -0.05) is 54.1 Å². The van der Waals surface area contributed by atoms with Crippen LogP contribution >= 0.6 is 34.7 Å². The molecule has 2 N–H and O–H groups in total. The van der Waals surface area contributed by atoms with E-state index in [0.717, 1.165) is 48.2 Å². The summed E-state index contributed by atoms with van der Waals surface area (Å²) in [7, 11) is -0.663. The van der Waals surface area contributed by atoms with Crippen molar-refractivity contribution in [1.82, 2.24) is 19.8 Å². The van der Waals surface area contributed by atoms with Crippen molar-refractivity contribution in [3.8, 4) is 11.1 Å². The maximum Gasteiger partial charge on any atom is 0.418 e. The third-order valence-corrected chi connectivity index (χ3v) is 13.9. The SMILES string of the molecule is CN(C)CCC(CSc1cccs1)Nc1ccc(S(=O)(=O)Nc2ncnc3cc(N4CCN(Cc5ccccc5-c5ccc(Cl)cc5)CC4)ccc23)cc1C(F)(F)F. The van der Waals surface area contributed by atoms with Crippen molar-refractivity contribution < 1.29 is 21.6 Å². The first-order valence-corrected chi connectivity index (χ1v) is 22.4. The van der Waals surface area contributed by atoms with Gasteiger partial charge in [0.2, 0.25) is 0 Å². The highest BCUT2D eigenvalue weighted by molar-refractivity contribution is 8.01. The largest absolute Gasteiger partial charge is 0.418 e. The van der Waals surface area contributed by atoms with Crippen LogP contribution in [0.25, 0.3) is 22.0 Å². The van der Waals surface area contributed by atoms with Gasteiger partial charge in [-0.3, -0.25) is 9.62 Å². The summed E-state index contributed by atoms with van der Waals surface area (Å²) >= 11 is 9.27. The van der Waals surface area contributed by atoms with Crippen molar-refractivity contribution in [2.45, 2.75) is 34.3 Å². The lowest BCUT2D eigenvalue weighted by Gasteiger charge is -2.36. The Morgan fingerprint density at radius 1 is 0.931 bits per heavy atom. The number of thioether (sulfide) groups is 1. The number of nitrogens with one attached hydrogen (secondary N) is 2. The van der Waals surface area contributed by atoms with Gasteiger partial charge in [0.1, 0.15) is 6.33 Å². The Bertz CT molecular complexity index is 2430. The molecule has 2 aromatic heterocycles. The molecule has 16 heteroatoms. The van der Waals surface area contributed by atoms with Gasteiger partial charge in [-0.2, -0.15) is 13.2 Å². The van der Waals surface area contributed by atoms with Crippen LogP contribution in [0.5, 0.6) is 0 Å². The molecule has 4 aromatic carbocycles. The molecule has 3 heterocycles. The van der Waals surface area contributed by atoms with Crippen molar-refractivity contribution in [3.63, 3.8) is 0 Å². The minimum absolute atomic E-state index is 0.0224.